The molecule has 0 spiro atoms. The number of halogens is 2. The normalized spacial score (nSPS) is 10.3. The van der Waals surface area contributed by atoms with E-state index in [1.165, 1.54) is 5.56 Å². The van der Waals surface area contributed by atoms with E-state index in [0.29, 0.717) is 12.6 Å². The molecule has 0 heterocycles. The van der Waals surface area contributed by atoms with Crippen LogP contribution in [0.25, 0.3) is 0 Å². The van der Waals surface area contributed by atoms with Gasteiger partial charge in [-0.3, -0.25) is 0 Å². The Kier molecular flexibility index (Phi) is 8.24. The molecule has 0 bridgehead atoms. The zero-order valence-electron chi connectivity index (χ0n) is 13.6. The van der Waals surface area contributed by atoms with E-state index in [0.717, 1.165) is 28.6 Å². The van der Waals surface area contributed by atoms with Gasteiger partial charge in [0.1, 0.15) is 6.61 Å². The van der Waals surface area contributed by atoms with Crippen molar-refractivity contribution in [3.05, 3.63) is 58.6 Å². The maximum Gasteiger partial charge on any atom is 0.161 e. The molecule has 0 aliphatic carbocycles. The minimum absolute atomic E-state index is 0. The van der Waals surface area contributed by atoms with Crippen molar-refractivity contribution in [2.75, 3.05) is 7.11 Å². The number of rotatable bonds is 7. The van der Waals surface area contributed by atoms with E-state index in [9.17, 15) is 0 Å². The largest absolute Gasteiger partial charge is 1.00 e. The lowest BCUT2D eigenvalue weighted by molar-refractivity contribution is -0.00000523. The second-order valence-corrected chi connectivity index (χ2v) is 5.87. The Bertz CT molecular complexity index is 600. The van der Waals surface area contributed by atoms with Crippen molar-refractivity contribution < 1.29 is 21.9 Å². The molecule has 0 saturated heterocycles. The van der Waals surface area contributed by atoms with Crippen LogP contribution in [0.3, 0.4) is 0 Å². The molecule has 2 aromatic carbocycles. The number of ether oxygens (including phenoxy) is 2. The molecule has 3 nitrogen and oxygen atoms in total. The van der Waals surface area contributed by atoms with Crippen molar-refractivity contribution in [3.63, 3.8) is 0 Å². The molecule has 0 unspecified atom stereocenters. The summed E-state index contributed by atoms with van der Waals surface area (Å²) >= 11 is 5.88. The monoisotopic (exact) mass is 354 g/mol. The maximum atomic E-state index is 5.88. The van der Waals surface area contributed by atoms with Crippen molar-refractivity contribution in [1.29, 1.82) is 0 Å². The number of methoxy groups -OCH3 is 1. The molecular formula is C18H22Cl2NO2-. The molecule has 0 aliphatic rings. The van der Waals surface area contributed by atoms with Gasteiger partial charge in [0, 0.05) is 17.6 Å². The van der Waals surface area contributed by atoms with Crippen LogP contribution in [0.5, 0.6) is 11.5 Å². The Morgan fingerprint density at radius 3 is 2.26 bits per heavy atom. The highest BCUT2D eigenvalue weighted by molar-refractivity contribution is 6.30. The van der Waals surface area contributed by atoms with Gasteiger partial charge in [0.25, 0.3) is 0 Å². The number of hydrogen-bond acceptors (Lipinski definition) is 3. The average Bonchev–Trinajstić information content (AvgIpc) is 2.52. The first-order valence-electron chi connectivity index (χ1n) is 7.36. The van der Waals surface area contributed by atoms with Crippen LogP contribution >= 0.6 is 11.6 Å². The van der Waals surface area contributed by atoms with Gasteiger partial charge in [-0.15, -0.1) is 0 Å². The summed E-state index contributed by atoms with van der Waals surface area (Å²) in [5.41, 5.74) is 2.24. The summed E-state index contributed by atoms with van der Waals surface area (Å²) in [5.74, 6) is 1.49. The van der Waals surface area contributed by atoms with Gasteiger partial charge in [0.05, 0.1) is 7.11 Å². The minimum atomic E-state index is 0. The lowest BCUT2D eigenvalue weighted by Crippen LogP contribution is -3.00. The third-order valence-corrected chi connectivity index (χ3v) is 3.50. The van der Waals surface area contributed by atoms with Crippen LogP contribution in [-0.4, -0.2) is 13.2 Å². The molecule has 2 rings (SSSR count). The fourth-order valence-corrected chi connectivity index (χ4v) is 2.13. The highest BCUT2D eigenvalue weighted by atomic mass is 35.5. The number of hydrogen-bond donors (Lipinski definition) is 1. The Balaban J connectivity index is 0.00000264. The summed E-state index contributed by atoms with van der Waals surface area (Å²) in [6, 6.07) is 14.1. The first-order chi connectivity index (χ1) is 10.6. The van der Waals surface area contributed by atoms with Crippen LogP contribution in [0.4, 0.5) is 0 Å². The van der Waals surface area contributed by atoms with E-state index < -0.39 is 0 Å². The van der Waals surface area contributed by atoms with Crippen LogP contribution in [0.15, 0.2) is 42.5 Å². The summed E-state index contributed by atoms with van der Waals surface area (Å²) in [5, 5.41) is 4.11. The van der Waals surface area contributed by atoms with Gasteiger partial charge in [-0.1, -0.05) is 43.6 Å². The summed E-state index contributed by atoms with van der Waals surface area (Å²) in [7, 11) is 1.66. The lowest BCUT2D eigenvalue weighted by atomic mass is 10.2. The molecule has 0 aromatic heterocycles. The van der Waals surface area contributed by atoms with E-state index >= 15 is 0 Å². The van der Waals surface area contributed by atoms with Crippen molar-refractivity contribution in [2.45, 2.75) is 33.0 Å². The van der Waals surface area contributed by atoms with E-state index in [1.807, 2.05) is 36.4 Å². The minimum Gasteiger partial charge on any atom is -1.00 e. The molecule has 0 amide bonds. The highest BCUT2D eigenvalue weighted by Gasteiger charge is 2.07. The van der Waals surface area contributed by atoms with Gasteiger partial charge < -0.3 is 27.2 Å². The predicted octanol–water partition coefficient (Wildman–Crippen LogP) is 1.43. The standard InChI is InChI=1S/C18H22ClNO2.ClH/c1-13(2)20-11-15-6-9-17(18(10-15)21-3)22-12-14-4-7-16(19)8-5-14;/h4-10,13,20H,11-12H2,1-3H3;1H/p-1. The van der Waals surface area contributed by atoms with Gasteiger partial charge in [-0.25, -0.2) is 0 Å². The summed E-state index contributed by atoms with van der Waals surface area (Å²) < 4.78 is 11.3. The molecule has 0 fully saturated rings. The molecule has 0 atom stereocenters. The van der Waals surface area contributed by atoms with E-state index in [1.54, 1.807) is 7.11 Å². The molecule has 2 aromatic rings. The molecule has 1 N–H and O–H groups in total. The SMILES string of the molecule is COc1cc(CNC(C)C)ccc1OCc1ccc(Cl)cc1.[Cl-]. The quantitative estimate of drug-likeness (QED) is 0.815. The van der Waals surface area contributed by atoms with Gasteiger partial charge in [0.2, 0.25) is 0 Å². The second kappa shape index (κ2) is 9.66. The topological polar surface area (TPSA) is 30.5 Å². The zero-order valence-corrected chi connectivity index (χ0v) is 15.1. The van der Waals surface area contributed by atoms with Crippen molar-refractivity contribution in [2.24, 2.45) is 0 Å². The fraction of sp³-hybridized carbons (Fsp3) is 0.333. The third-order valence-electron chi connectivity index (χ3n) is 3.25. The summed E-state index contributed by atoms with van der Waals surface area (Å²) in [4.78, 5) is 0. The number of benzene rings is 2. The molecule has 126 valence electrons. The van der Waals surface area contributed by atoms with Crippen molar-refractivity contribution >= 4 is 11.6 Å². The second-order valence-electron chi connectivity index (χ2n) is 5.44. The van der Waals surface area contributed by atoms with Gasteiger partial charge >= 0.3 is 0 Å². The van der Waals surface area contributed by atoms with Crippen molar-refractivity contribution in [1.82, 2.24) is 5.32 Å². The summed E-state index contributed by atoms with van der Waals surface area (Å²) in [6.07, 6.45) is 0. The lowest BCUT2D eigenvalue weighted by Gasteiger charge is -2.13. The van der Waals surface area contributed by atoms with Crippen molar-refractivity contribution in [3.8, 4) is 11.5 Å². The van der Waals surface area contributed by atoms with Gasteiger partial charge in [-0.2, -0.15) is 0 Å². The molecule has 5 heteroatoms. The highest BCUT2D eigenvalue weighted by Crippen LogP contribution is 2.29. The third kappa shape index (κ3) is 6.30. The fourth-order valence-electron chi connectivity index (χ4n) is 2.00. The first kappa shape index (κ1) is 19.6. The van der Waals surface area contributed by atoms with Crippen LogP contribution in [0.1, 0.15) is 25.0 Å². The Morgan fingerprint density at radius 1 is 1.00 bits per heavy atom. The zero-order chi connectivity index (χ0) is 15.9. The first-order valence-corrected chi connectivity index (χ1v) is 7.74. The average molecular weight is 355 g/mol. The Labute approximate surface area is 149 Å². The smallest absolute Gasteiger partial charge is 0.161 e. The molecular weight excluding hydrogens is 333 g/mol. The Hall–Kier alpha value is -1.42. The van der Waals surface area contributed by atoms with Crippen LogP contribution < -0.4 is 27.2 Å². The Morgan fingerprint density at radius 2 is 1.65 bits per heavy atom. The maximum absolute atomic E-state index is 5.88. The molecule has 23 heavy (non-hydrogen) atoms. The molecule has 0 aliphatic heterocycles. The van der Waals surface area contributed by atoms with Crippen LogP contribution in [-0.2, 0) is 13.2 Å². The van der Waals surface area contributed by atoms with Gasteiger partial charge in [0.15, 0.2) is 11.5 Å². The molecule has 0 saturated carbocycles. The van der Waals surface area contributed by atoms with E-state index in [4.69, 9.17) is 21.1 Å². The van der Waals surface area contributed by atoms with Crippen LogP contribution in [0.2, 0.25) is 5.02 Å². The van der Waals surface area contributed by atoms with E-state index in [2.05, 4.69) is 25.2 Å². The van der Waals surface area contributed by atoms with Gasteiger partial charge in [-0.05, 0) is 35.4 Å². The van der Waals surface area contributed by atoms with E-state index in [-0.39, 0.29) is 12.4 Å². The summed E-state index contributed by atoms with van der Waals surface area (Å²) in [6.45, 7) is 5.55. The predicted molar refractivity (Wildman–Crippen MR) is 90.8 cm³/mol. The number of nitrogens with one attached hydrogen (secondary N) is 1. The molecule has 0 radical (unpaired) electrons. The van der Waals surface area contributed by atoms with Crippen LogP contribution in [0, 0.1) is 0 Å².